The molecule has 1 spiro atoms. The van der Waals surface area contributed by atoms with E-state index < -0.39 is 0 Å². The van der Waals surface area contributed by atoms with Crippen LogP contribution in [-0.2, 0) is 5.41 Å². The van der Waals surface area contributed by atoms with E-state index in [1.165, 1.54) is 24.1 Å². The molecule has 18 heavy (non-hydrogen) atoms. The van der Waals surface area contributed by atoms with E-state index in [0.29, 0.717) is 5.41 Å². The molecule has 1 aromatic carbocycles. The SMILES string of the molecule is CCN1CC2(CCNCC2)c2c1ccc(Cl)c2Br. The lowest BCUT2D eigenvalue weighted by molar-refractivity contribution is 0.325. The number of halogens is 2. The van der Waals surface area contributed by atoms with Crippen LogP contribution in [0.2, 0.25) is 5.02 Å². The van der Waals surface area contributed by atoms with E-state index in [9.17, 15) is 0 Å². The number of benzene rings is 1. The highest BCUT2D eigenvalue weighted by molar-refractivity contribution is 9.10. The highest BCUT2D eigenvalue weighted by atomic mass is 79.9. The number of hydrogen-bond donors (Lipinski definition) is 1. The van der Waals surface area contributed by atoms with E-state index in [2.05, 4.69) is 39.1 Å². The van der Waals surface area contributed by atoms with Crippen LogP contribution in [0, 0.1) is 0 Å². The van der Waals surface area contributed by atoms with E-state index in [-0.39, 0.29) is 0 Å². The standard InChI is InChI=1S/C14H18BrClN2/c1-2-18-9-14(5-7-17-8-6-14)12-11(18)4-3-10(16)13(12)15/h3-4,17H,2,5-9H2,1H3. The Bertz CT molecular complexity index is 469. The number of nitrogens with zero attached hydrogens (tertiary/aromatic N) is 1. The van der Waals surface area contributed by atoms with Gasteiger partial charge >= 0.3 is 0 Å². The van der Waals surface area contributed by atoms with Gasteiger partial charge in [-0.3, -0.25) is 0 Å². The van der Waals surface area contributed by atoms with Crippen molar-refractivity contribution in [2.24, 2.45) is 0 Å². The minimum absolute atomic E-state index is 0.292. The zero-order valence-electron chi connectivity index (χ0n) is 10.6. The molecule has 0 aliphatic carbocycles. The van der Waals surface area contributed by atoms with Gasteiger partial charge in [0.25, 0.3) is 0 Å². The fourth-order valence-corrected chi connectivity index (χ4v) is 4.35. The number of fused-ring (bicyclic) bond motifs is 2. The highest BCUT2D eigenvalue weighted by Gasteiger charge is 2.44. The Morgan fingerprint density at radius 2 is 2.11 bits per heavy atom. The van der Waals surface area contributed by atoms with E-state index in [1.54, 1.807) is 0 Å². The first-order chi connectivity index (χ1) is 8.68. The van der Waals surface area contributed by atoms with Crippen molar-refractivity contribution in [1.29, 1.82) is 0 Å². The van der Waals surface area contributed by atoms with Gasteiger partial charge < -0.3 is 10.2 Å². The van der Waals surface area contributed by atoms with Crippen molar-refractivity contribution in [3.05, 3.63) is 27.2 Å². The third-order valence-electron chi connectivity index (χ3n) is 4.38. The fourth-order valence-electron chi connectivity index (χ4n) is 3.43. The summed E-state index contributed by atoms with van der Waals surface area (Å²) in [6, 6.07) is 4.19. The first kappa shape index (κ1) is 12.8. The molecule has 1 fully saturated rings. The van der Waals surface area contributed by atoms with Gasteiger partial charge in [-0.1, -0.05) is 11.6 Å². The average Bonchev–Trinajstić information content (AvgIpc) is 2.69. The molecule has 0 bridgehead atoms. The molecule has 0 saturated carbocycles. The van der Waals surface area contributed by atoms with Gasteiger partial charge in [0.05, 0.1) is 5.02 Å². The van der Waals surface area contributed by atoms with Crippen LogP contribution >= 0.6 is 27.5 Å². The van der Waals surface area contributed by atoms with Crippen LogP contribution in [0.5, 0.6) is 0 Å². The highest BCUT2D eigenvalue weighted by Crippen LogP contribution is 2.50. The summed E-state index contributed by atoms with van der Waals surface area (Å²) in [5, 5.41) is 4.30. The number of nitrogens with one attached hydrogen (secondary N) is 1. The average molecular weight is 330 g/mol. The summed E-state index contributed by atoms with van der Waals surface area (Å²) in [5.41, 5.74) is 3.11. The Hall–Kier alpha value is -0.250. The molecule has 2 aliphatic rings. The van der Waals surface area contributed by atoms with E-state index in [1.807, 2.05) is 6.07 Å². The van der Waals surface area contributed by atoms with Gasteiger partial charge in [-0.15, -0.1) is 0 Å². The Balaban J connectivity index is 2.15. The Morgan fingerprint density at radius 3 is 2.78 bits per heavy atom. The number of rotatable bonds is 1. The summed E-state index contributed by atoms with van der Waals surface area (Å²) in [4.78, 5) is 2.49. The molecule has 1 saturated heterocycles. The van der Waals surface area contributed by atoms with Crippen LogP contribution in [-0.4, -0.2) is 26.2 Å². The van der Waals surface area contributed by atoms with Gasteiger partial charge in [0.15, 0.2) is 0 Å². The summed E-state index contributed by atoms with van der Waals surface area (Å²) in [6.45, 7) is 6.65. The summed E-state index contributed by atoms with van der Waals surface area (Å²) >= 11 is 10.0. The summed E-state index contributed by atoms with van der Waals surface area (Å²) in [7, 11) is 0. The molecule has 0 aromatic heterocycles. The first-order valence-electron chi connectivity index (χ1n) is 6.62. The smallest absolute Gasteiger partial charge is 0.0552 e. The van der Waals surface area contributed by atoms with E-state index in [0.717, 1.165) is 35.7 Å². The second kappa shape index (κ2) is 4.69. The third kappa shape index (κ3) is 1.79. The van der Waals surface area contributed by atoms with E-state index >= 15 is 0 Å². The molecule has 0 amide bonds. The second-order valence-corrected chi connectivity index (χ2v) is 6.50. The van der Waals surface area contributed by atoms with Crippen LogP contribution in [0.25, 0.3) is 0 Å². The molecule has 0 radical (unpaired) electrons. The molecule has 4 heteroatoms. The number of likely N-dealkylation sites (N-methyl/N-ethyl adjacent to an activating group) is 1. The maximum Gasteiger partial charge on any atom is 0.0552 e. The van der Waals surface area contributed by atoms with Crippen molar-refractivity contribution in [2.75, 3.05) is 31.1 Å². The van der Waals surface area contributed by atoms with Gasteiger partial charge in [-0.05, 0) is 66.5 Å². The Labute approximate surface area is 122 Å². The summed E-state index contributed by atoms with van der Waals surface area (Å²) in [6.07, 6.45) is 2.41. The maximum absolute atomic E-state index is 6.30. The van der Waals surface area contributed by atoms with Gasteiger partial charge in [0.1, 0.15) is 0 Å². The van der Waals surface area contributed by atoms with Crippen molar-refractivity contribution in [3.63, 3.8) is 0 Å². The molecule has 3 rings (SSSR count). The molecule has 2 heterocycles. The maximum atomic E-state index is 6.30. The number of hydrogen-bond acceptors (Lipinski definition) is 2. The van der Waals surface area contributed by atoms with Crippen molar-refractivity contribution < 1.29 is 0 Å². The van der Waals surface area contributed by atoms with Crippen LogP contribution in [0.15, 0.2) is 16.6 Å². The zero-order valence-corrected chi connectivity index (χ0v) is 12.9. The predicted molar refractivity (Wildman–Crippen MR) is 80.8 cm³/mol. The van der Waals surface area contributed by atoms with Crippen LogP contribution < -0.4 is 10.2 Å². The molecular formula is C14H18BrClN2. The lowest BCUT2D eigenvalue weighted by Gasteiger charge is -2.35. The van der Waals surface area contributed by atoms with Gasteiger partial charge in [0.2, 0.25) is 0 Å². The normalized spacial score (nSPS) is 21.4. The van der Waals surface area contributed by atoms with Gasteiger partial charge in [-0.2, -0.15) is 0 Å². The molecular weight excluding hydrogens is 312 g/mol. The van der Waals surface area contributed by atoms with E-state index in [4.69, 9.17) is 11.6 Å². The number of piperidine rings is 1. The lowest BCUT2D eigenvalue weighted by Crippen LogP contribution is -2.43. The Morgan fingerprint density at radius 1 is 1.39 bits per heavy atom. The molecule has 98 valence electrons. The second-order valence-electron chi connectivity index (χ2n) is 5.30. The van der Waals surface area contributed by atoms with Crippen LogP contribution in [0.4, 0.5) is 5.69 Å². The molecule has 0 unspecified atom stereocenters. The number of anilines is 1. The fraction of sp³-hybridized carbons (Fsp3) is 0.571. The van der Waals surface area contributed by atoms with Crippen molar-refractivity contribution in [1.82, 2.24) is 5.32 Å². The Kier molecular flexibility index (Phi) is 3.33. The molecule has 1 aromatic rings. The van der Waals surface area contributed by atoms with Crippen LogP contribution in [0.3, 0.4) is 0 Å². The van der Waals surface area contributed by atoms with Crippen molar-refractivity contribution >= 4 is 33.2 Å². The summed E-state index contributed by atoms with van der Waals surface area (Å²) < 4.78 is 1.11. The molecule has 2 nitrogen and oxygen atoms in total. The van der Waals surface area contributed by atoms with Crippen molar-refractivity contribution in [3.8, 4) is 0 Å². The van der Waals surface area contributed by atoms with Crippen molar-refractivity contribution in [2.45, 2.75) is 25.2 Å². The lowest BCUT2D eigenvalue weighted by atomic mass is 9.75. The quantitative estimate of drug-likeness (QED) is 0.847. The molecule has 0 atom stereocenters. The largest absolute Gasteiger partial charge is 0.371 e. The van der Waals surface area contributed by atoms with Crippen LogP contribution in [0.1, 0.15) is 25.3 Å². The molecule has 2 aliphatic heterocycles. The topological polar surface area (TPSA) is 15.3 Å². The zero-order chi connectivity index (χ0) is 12.8. The minimum Gasteiger partial charge on any atom is -0.371 e. The van der Waals surface area contributed by atoms with Gasteiger partial charge in [-0.25, -0.2) is 0 Å². The monoisotopic (exact) mass is 328 g/mol. The summed E-state index contributed by atoms with van der Waals surface area (Å²) in [5.74, 6) is 0. The molecule has 1 N–H and O–H groups in total. The predicted octanol–water partition coefficient (Wildman–Crippen LogP) is 3.56. The van der Waals surface area contributed by atoms with Gasteiger partial charge in [0, 0.05) is 28.7 Å². The minimum atomic E-state index is 0.292. The first-order valence-corrected chi connectivity index (χ1v) is 7.79. The third-order valence-corrected chi connectivity index (χ3v) is 5.75.